The van der Waals surface area contributed by atoms with Gasteiger partial charge < -0.3 is 14.7 Å². The topological polar surface area (TPSA) is 83.9 Å². The second-order valence-corrected chi connectivity index (χ2v) is 12.7. The molecule has 6 nitrogen and oxygen atoms in total. The van der Waals surface area contributed by atoms with Gasteiger partial charge in [0.2, 0.25) is 0 Å². The van der Waals surface area contributed by atoms with E-state index in [1.54, 1.807) is 19.9 Å². The zero-order valence-corrected chi connectivity index (χ0v) is 21.5. The Kier molecular flexibility index (Phi) is 6.53. The Labute approximate surface area is 208 Å². The molecule has 0 aromatic heterocycles. The quantitative estimate of drug-likeness (QED) is 0.632. The van der Waals surface area contributed by atoms with E-state index in [1.165, 1.54) is 28.3 Å². The summed E-state index contributed by atoms with van der Waals surface area (Å²) in [7, 11) is -3.87. The predicted octanol–water partition coefficient (Wildman–Crippen LogP) is 3.31. The van der Waals surface area contributed by atoms with E-state index < -0.39 is 21.2 Å². The fraction of sp³-hybridized carbons (Fsp3) is 0.536. The van der Waals surface area contributed by atoms with Crippen molar-refractivity contribution in [1.29, 1.82) is 0 Å². The van der Waals surface area contributed by atoms with Crippen LogP contribution in [0.1, 0.15) is 60.1 Å². The number of morpholine rings is 1. The molecule has 0 amide bonds. The van der Waals surface area contributed by atoms with Crippen molar-refractivity contribution >= 4 is 21.3 Å². The third-order valence-corrected chi connectivity index (χ3v) is 9.31. The molecule has 35 heavy (non-hydrogen) atoms. The van der Waals surface area contributed by atoms with Crippen LogP contribution < -0.4 is 4.90 Å². The van der Waals surface area contributed by atoms with Gasteiger partial charge in [0.15, 0.2) is 15.6 Å². The first-order valence-corrected chi connectivity index (χ1v) is 14.4. The highest BCUT2D eigenvalue weighted by atomic mass is 32.2. The maximum atomic E-state index is 13.5. The molecule has 0 unspecified atom stereocenters. The van der Waals surface area contributed by atoms with Crippen molar-refractivity contribution < 1.29 is 23.1 Å². The molecule has 2 aromatic carbocycles. The fourth-order valence-corrected chi connectivity index (χ4v) is 7.11. The molecule has 1 fully saturated rings. The fourth-order valence-electron chi connectivity index (χ4n) is 5.81. The molecule has 0 spiro atoms. The zero-order valence-electron chi connectivity index (χ0n) is 20.7. The van der Waals surface area contributed by atoms with Crippen LogP contribution in [0.2, 0.25) is 0 Å². The Morgan fingerprint density at radius 3 is 2.20 bits per heavy atom. The number of ether oxygens (including phenoxy) is 1. The average Bonchev–Trinajstić information content (AvgIpc) is 3.48. The van der Waals surface area contributed by atoms with E-state index in [-0.39, 0.29) is 17.1 Å². The number of anilines is 1. The largest absolute Gasteiger partial charge is 0.386 e. The maximum absolute atomic E-state index is 13.5. The van der Waals surface area contributed by atoms with Gasteiger partial charge in [0.1, 0.15) is 5.75 Å². The van der Waals surface area contributed by atoms with Crippen LogP contribution in [0.3, 0.4) is 0 Å². The van der Waals surface area contributed by atoms with Crippen LogP contribution in [0.5, 0.6) is 0 Å². The molecule has 0 saturated carbocycles. The van der Waals surface area contributed by atoms with Gasteiger partial charge in [0, 0.05) is 25.2 Å². The monoisotopic (exact) mass is 497 g/mol. The molecule has 0 bridgehead atoms. The van der Waals surface area contributed by atoms with Gasteiger partial charge >= 0.3 is 0 Å². The van der Waals surface area contributed by atoms with E-state index >= 15 is 0 Å². The molecule has 1 N–H and O–H groups in total. The van der Waals surface area contributed by atoms with Gasteiger partial charge in [-0.15, -0.1) is 0 Å². The summed E-state index contributed by atoms with van der Waals surface area (Å²) in [5, 5.41) is 10.7. The molecule has 2 aromatic rings. The van der Waals surface area contributed by atoms with Crippen molar-refractivity contribution in [3.63, 3.8) is 0 Å². The van der Waals surface area contributed by atoms with E-state index in [1.807, 2.05) is 6.07 Å². The number of ketones is 1. The minimum Gasteiger partial charge on any atom is -0.386 e. The van der Waals surface area contributed by atoms with Crippen LogP contribution >= 0.6 is 0 Å². The number of aryl methyl sites for hydroxylation is 2. The van der Waals surface area contributed by atoms with Gasteiger partial charge in [-0.05, 0) is 104 Å². The molecule has 3 aliphatic rings. The van der Waals surface area contributed by atoms with Crippen molar-refractivity contribution in [2.75, 3.05) is 37.0 Å². The smallest absolute Gasteiger partial charge is 0.185 e. The minimum atomic E-state index is -3.87. The highest BCUT2D eigenvalue weighted by Gasteiger charge is 2.29. The van der Waals surface area contributed by atoms with E-state index in [2.05, 4.69) is 11.0 Å². The predicted molar refractivity (Wildman–Crippen MR) is 136 cm³/mol. The van der Waals surface area contributed by atoms with E-state index in [9.17, 15) is 18.3 Å². The molecule has 1 saturated heterocycles. The summed E-state index contributed by atoms with van der Waals surface area (Å²) < 4.78 is 32.4. The number of rotatable bonds is 7. The Hall–Kier alpha value is -2.22. The molecule has 0 radical (unpaired) electrons. The average molecular weight is 498 g/mol. The Balaban J connectivity index is 1.43. The lowest BCUT2D eigenvalue weighted by Crippen LogP contribution is -2.36. The van der Waals surface area contributed by atoms with Gasteiger partial charge in [-0.1, -0.05) is 6.07 Å². The lowest BCUT2D eigenvalue weighted by Gasteiger charge is -2.30. The minimum absolute atomic E-state index is 0.0930. The van der Waals surface area contributed by atoms with E-state index in [4.69, 9.17) is 4.74 Å². The first-order valence-electron chi connectivity index (χ1n) is 12.7. The van der Waals surface area contributed by atoms with Crippen LogP contribution in [0.4, 0.5) is 5.69 Å². The number of Topliss-reactive ketones (excluding diaryl/α,β-unsaturated/α-hetero) is 1. The van der Waals surface area contributed by atoms with Crippen molar-refractivity contribution in [3.05, 3.63) is 57.6 Å². The van der Waals surface area contributed by atoms with Crippen LogP contribution in [0.15, 0.2) is 29.2 Å². The molecule has 0 atom stereocenters. The number of fused-ring (bicyclic) bond motifs is 2. The molecule has 2 aliphatic carbocycles. The number of hydrogen-bond acceptors (Lipinski definition) is 6. The zero-order chi connectivity index (χ0) is 24.8. The molecular formula is C28H35NO5S. The van der Waals surface area contributed by atoms with E-state index in [0.29, 0.717) is 31.9 Å². The molecule has 5 rings (SSSR count). The first kappa shape index (κ1) is 24.5. The third kappa shape index (κ3) is 5.04. The lowest BCUT2D eigenvalue weighted by molar-refractivity contribution is -0.116. The number of sulfone groups is 1. The Morgan fingerprint density at radius 2 is 1.60 bits per heavy atom. The van der Waals surface area contributed by atoms with Gasteiger partial charge in [-0.2, -0.15) is 0 Å². The number of hydrogen-bond donors (Lipinski definition) is 1. The third-order valence-electron chi connectivity index (χ3n) is 7.66. The SMILES string of the molecule is CC(C)(O)c1cc(N2CCOCC2)cc(S(=O)(=O)CC(=O)Cc2c3c(cc4c2CCC4)CCC3)c1. The normalized spacial score (nSPS) is 18.0. The summed E-state index contributed by atoms with van der Waals surface area (Å²) in [5.74, 6) is -0.787. The Morgan fingerprint density at radius 1 is 0.971 bits per heavy atom. The van der Waals surface area contributed by atoms with Crippen molar-refractivity contribution in [2.45, 2.75) is 69.3 Å². The summed E-state index contributed by atoms with van der Waals surface area (Å²) in [4.78, 5) is 15.4. The van der Waals surface area contributed by atoms with Gasteiger partial charge in [-0.25, -0.2) is 8.42 Å². The number of carbonyl (C=O) groups is 1. The van der Waals surface area contributed by atoms with Crippen molar-refractivity contribution in [1.82, 2.24) is 0 Å². The molecule has 188 valence electrons. The summed E-state index contributed by atoms with van der Waals surface area (Å²) in [6, 6.07) is 7.32. The first-order chi connectivity index (χ1) is 16.6. The van der Waals surface area contributed by atoms with Crippen LogP contribution in [-0.2, 0) is 57.1 Å². The summed E-state index contributed by atoms with van der Waals surface area (Å²) in [5.41, 5.74) is 6.43. The second-order valence-electron chi connectivity index (χ2n) is 10.7. The lowest BCUT2D eigenvalue weighted by atomic mass is 9.91. The van der Waals surface area contributed by atoms with E-state index in [0.717, 1.165) is 49.8 Å². The van der Waals surface area contributed by atoms with Gasteiger partial charge in [0.05, 0.1) is 23.7 Å². The molecule has 1 heterocycles. The van der Waals surface area contributed by atoms with Crippen LogP contribution in [-0.4, -0.2) is 51.4 Å². The van der Waals surface area contributed by atoms with Crippen molar-refractivity contribution in [3.8, 4) is 0 Å². The van der Waals surface area contributed by atoms with Crippen LogP contribution in [0.25, 0.3) is 0 Å². The molecule has 1 aliphatic heterocycles. The van der Waals surface area contributed by atoms with Gasteiger partial charge in [-0.3, -0.25) is 4.79 Å². The Bertz CT molecular complexity index is 1220. The summed E-state index contributed by atoms with van der Waals surface area (Å²) in [6.45, 7) is 5.72. The molecule has 7 heteroatoms. The van der Waals surface area contributed by atoms with Crippen molar-refractivity contribution in [2.24, 2.45) is 0 Å². The second kappa shape index (κ2) is 9.34. The maximum Gasteiger partial charge on any atom is 0.185 e. The summed E-state index contributed by atoms with van der Waals surface area (Å²) in [6.07, 6.45) is 6.46. The summed E-state index contributed by atoms with van der Waals surface area (Å²) >= 11 is 0. The number of aliphatic hydroxyl groups is 1. The number of nitrogens with zero attached hydrogens (tertiary/aromatic N) is 1. The van der Waals surface area contributed by atoms with Gasteiger partial charge in [0.25, 0.3) is 0 Å². The number of carbonyl (C=O) groups excluding carboxylic acids is 1. The molecular weight excluding hydrogens is 462 g/mol. The highest BCUT2D eigenvalue weighted by molar-refractivity contribution is 7.92. The van der Waals surface area contributed by atoms with Crippen LogP contribution in [0, 0.1) is 0 Å². The number of benzene rings is 2. The highest BCUT2D eigenvalue weighted by Crippen LogP contribution is 2.36. The standard InChI is InChI=1S/C28H35NO5S/c1-28(2,31)21-14-22(29-9-11-34-12-10-29)16-24(15-21)35(32,33)18-23(30)17-27-25-7-3-5-19(25)13-20-6-4-8-26(20)27/h13-16,31H,3-12,17-18H2,1-2H3.